The van der Waals surface area contributed by atoms with Gasteiger partial charge in [0.15, 0.2) is 0 Å². The predicted molar refractivity (Wildman–Crippen MR) is 139 cm³/mol. The van der Waals surface area contributed by atoms with Gasteiger partial charge in [-0.1, -0.05) is 91.6 Å². The molecule has 0 fully saturated rings. The van der Waals surface area contributed by atoms with Gasteiger partial charge in [-0.25, -0.2) is 4.39 Å². The van der Waals surface area contributed by atoms with Crippen LogP contribution in [0.2, 0.25) is 10.0 Å². The summed E-state index contributed by atoms with van der Waals surface area (Å²) in [6, 6.07) is 19.9. The molecular weight excluding hydrogens is 486 g/mol. The van der Waals surface area contributed by atoms with E-state index in [2.05, 4.69) is 5.32 Å². The number of carbonyl (C=O) groups excluding carboxylic acids is 2. The summed E-state index contributed by atoms with van der Waals surface area (Å²) in [5.41, 5.74) is 1.90. The molecule has 0 heterocycles. The Bertz CT molecular complexity index is 1150. The van der Waals surface area contributed by atoms with Gasteiger partial charge < -0.3 is 10.2 Å². The first-order valence-electron chi connectivity index (χ1n) is 11.5. The van der Waals surface area contributed by atoms with Crippen LogP contribution in [0.1, 0.15) is 30.5 Å². The maximum Gasteiger partial charge on any atom is 0.243 e. The largest absolute Gasteiger partial charge is 0.354 e. The lowest BCUT2D eigenvalue weighted by Gasteiger charge is -2.32. The van der Waals surface area contributed by atoms with Crippen LogP contribution in [0, 0.1) is 11.7 Å². The third-order valence-electron chi connectivity index (χ3n) is 5.59. The quantitative estimate of drug-likeness (QED) is 0.356. The van der Waals surface area contributed by atoms with Crippen molar-refractivity contribution in [1.82, 2.24) is 10.2 Å². The Hall–Kier alpha value is -2.89. The zero-order valence-corrected chi connectivity index (χ0v) is 21.3. The summed E-state index contributed by atoms with van der Waals surface area (Å²) >= 11 is 12.2. The first kappa shape index (κ1) is 26.7. The van der Waals surface area contributed by atoms with Crippen molar-refractivity contribution in [2.75, 3.05) is 6.54 Å². The van der Waals surface area contributed by atoms with Crippen LogP contribution < -0.4 is 5.32 Å². The lowest BCUT2D eigenvalue weighted by atomic mass is 10.0. The van der Waals surface area contributed by atoms with Gasteiger partial charge in [0.2, 0.25) is 11.8 Å². The Balaban J connectivity index is 1.98. The molecule has 3 aromatic carbocycles. The van der Waals surface area contributed by atoms with E-state index in [1.165, 1.54) is 11.0 Å². The molecule has 3 aromatic rings. The van der Waals surface area contributed by atoms with Gasteiger partial charge in [-0.05, 0) is 35.2 Å². The minimum Gasteiger partial charge on any atom is -0.354 e. The van der Waals surface area contributed by atoms with Crippen LogP contribution in [0.5, 0.6) is 0 Å². The Morgan fingerprint density at radius 2 is 1.60 bits per heavy atom. The average molecular weight is 515 g/mol. The molecule has 0 aliphatic heterocycles. The Morgan fingerprint density at radius 3 is 2.26 bits per heavy atom. The van der Waals surface area contributed by atoms with Crippen LogP contribution in [-0.2, 0) is 29.0 Å². The van der Waals surface area contributed by atoms with Crippen molar-refractivity contribution in [2.24, 2.45) is 5.92 Å². The molecular formula is C28H29Cl2FN2O2. The summed E-state index contributed by atoms with van der Waals surface area (Å²) in [4.78, 5) is 28.5. The first-order chi connectivity index (χ1) is 16.7. The van der Waals surface area contributed by atoms with Gasteiger partial charge in [0.05, 0.1) is 16.5 Å². The monoisotopic (exact) mass is 514 g/mol. The van der Waals surface area contributed by atoms with Gasteiger partial charge in [0.1, 0.15) is 11.9 Å². The van der Waals surface area contributed by atoms with Crippen molar-refractivity contribution in [3.05, 3.63) is 105 Å². The molecule has 1 N–H and O–H groups in total. The molecule has 1 atom stereocenters. The average Bonchev–Trinajstić information content (AvgIpc) is 2.83. The van der Waals surface area contributed by atoms with E-state index in [0.717, 1.165) is 5.56 Å². The van der Waals surface area contributed by atoms with Crippen molar-refractivity contribution in [1.29, 1.82) is 0 Å². The molecule has 35 heavy (non-hydrogen) atoms. The molecule has 4 nitrogen and oxygen atoms in total. The third-order valence-corrected chi connectivity index (χ3v) is 6.33. The maximum absolute atomic E-state index is 14.6. The number of hydrogen-bond donors (Lipinski definition) is 1. The van der Waals surface area contributed by atoms with Crippen molar-refractivity contribution in [2.45, 2.75) is 39.3 Å². The van der Waals surface area contributed by atoms with Crippen LogP contribution in [-0.4, -0.2) is 29.3 Å². The fraction of sp³-hybridized carbons (Fsp3) is 0.286. The number of amides is 2. The number of benzene rings is 3. The van der Waals surface area contributed by atoms with Crippen LogP contribution in [0.3, 0.4) is 0 Å². The van der Waals surface area contributed by atoms with E-state index in [0.29, 0.717) is 34.1 Å². The van der Waals surface area contributed by atoms with Gasteiger partial charge in [0, 0.05) is 25.1 Å². The Kier molecular flexibility index (Phi) is 9.70. The zero-order chi connectivity index (χ0) is 25.4. The molecule has 0 aliphatic carbocycles. The summed E-state index contributed by atoms with van der Waals surface area (Å²) in [5.74, 6) is -0.780. The van der Waals surface area contributed by atoms with E-state index in [1.54, 1.807) is 36.4 Å². The molecule has 0 spiro atoms. The van der Waals surface area contributed by atoms with Crippen LogP contribution in [0.4, 0.5) is 4.39 Å². The minimum atomic E-state index is -0.828. The van der Waals surface area contributed by atoms with Crippen molar-refractivity contribution in [3.8, 4) is 0 Å². The fourth-order valence-corrected chi connectivity index (χ4v) is 4.03. The van der Waals surface area contributed by atoms with Gasteiger partial charge in [-0.3, -0.25) is 9.59 Å². The van der Waals surface area contributed by atoms with Crippen molar-refractivity contribution in [3.63, 3.8) is 0 Å². The van der Waals surface area contributed by atoms with Gasteiger partial charge in [-0.2, -0.15) is 0 Å². The molecule has 184 valence electrons. The second-order valence-corrected chi connectivity index (χ2v) is 9.70. The smallest absolute Gasteiger partial charge is 0.243 e. The topological polar surface area (TPSA) is 49.4 Å². The van der Waals surface area contributed by atoms with Gasteiger partial charge in [0.25, 0.3) is 0 Å². The van der Waals surface area contributed by atoms with Crippen LogP contribution in [0.25, 0.3) is 0 Å². The molecule has 0 saturated heterocycles. The number of halogens is 3. The highest BCUT2D eigenvalue weighted by Crippen LogP contribution is 2.24. The van der Waals surface area contributed by atoms with E-state index in [1.807, 2.05) is 44.2 Å². The second-order valence-electron chi connectivity index (χ2n) is 8.88. The minimum absolute atomic E-state index is 0.00586. The lowest BCUT2D eigenvalue weighted by molar-refractivity contribution is -0.140. The molecule has 0 saturated carbocycles. The molecule has 0 aliphatic rings. The number of hydrogen-bond acceptors (Lipinski definition) is 2. The van der Waals surface area contributed by atoms with E-state index >= 15 is 0 Å². The summed E-state index contributed by atoms with van der Waals surface area (Å²) in [6.45, 7) is 4.43. The van der Waals surface area contributed by atoms with E-state index in [9.17, 15) is 14.0 Å². The summed E-state index contributed by atoms with van der Waals surface area (Å²) in [7, 11) is 0. The highest BCUT2D eigenvalue weighted by Gasteiger charge is 2.31. The van der Waals surface area contributed by atoms with E-state index in [4.69, 9.17) is 23.2 Å². The Labute approximate surface area is 216 Å². The molecule has 0 radical (unpaired) electrons. The van der Waals surface area contributed by atoms with Crippen molar-refractivity contribution >= 4 is 35.0 Å². The number of nitrogens with zero attached hydrogens (tertiary/aromatic N) is 1. The number of carbonyl (C=O) groups is 2. The molecule has 7 heteroatoms. The molecule has 1 unspecified atom stereocenters. The SMILES string of the molecule is CC(C)CNC(=O)C(Cc1ccccc1)N(Cc1ccccc1F)C(=O)Cc1ccc(Cl)c(Cl)c1. The standard InChI is InChI=1S/C28H29Cl2FN2O2/c1-19(2)17-32-28(35)26(15-20-8-4-3-5-9-20)33(18-22-10-6-7-11-25(22)31)27(34)16-21-12-13-23(29)24(30)14-21/h3-14,19,26H,15-18H2,1-2H3,(H,32,35). The molecule has 3 rings (SSSR count). The molecule has 0 aromatic heterocycles. The second kappa shape index (κ2) is 12.7. The predicted octanol–water partition coefficient (Wildman–Crippen LogP) is 6.09. The first-order valence-corrected chi connectivity index (χ1v) is 12.3. The summed E-state index contributed by atoms with van der Waals surface area (Å²) < 4.78 is 14.6. The summed E-state index contributed by atoms with van der Waals surface area (Å²) in [6.07, 6.45) is 0.292. The molecule has 0 bridgehead atoms. The van der Waals surface area contributed by atoms with E-state index in [-0.39, 0.29) is 30.7 Å². The van der Waals surface area contributed by atoms with Crippen LogP contribution >= 0.6 is 23.2 Å². The Morgan fingerprint density at radius 1 is 0.914 bits per heavy atom. The highest BCUT2D eigenvalue weighted by atomic mass is 35.5. The number of rotatable bonds is 10. The number of nitrogens with one attached hydrogen (secondary N) is 1. The fourth-order valence-electron chi connectivity index (χ4n) is 3.71. The highest BCUT2D eigenvalue weighted by molar-refractivity contribution is 6.42. The maximum atomic E-state index is 14.6. The third kappa shape index (κ3) is 7.81. The van der Waals surface area contributed by atoms with Crippen molar-refractivity contribution < 1.29 is 14.0 Å². The zero-order valence-electron chi connectivity index (χ0n) is 19.8. The lowest BCUT2D eigenvalue weighted by Crippen LogP contribution is -2.51. The van der Waals surface area contributed by atoms with Crippen LogP contribution in [0.15, 0.2) is 72.8 Å². The molecule has 2 amide bonds. The summed E-state index contributed by atoms with van der Waals surface area (Å²) in [5, 5.41) is 3.68. The van der Waals surface area contributed by atoms with Gasteiger partial charge in [-0.15, -0.1) is 0 Å². The van der Waals surface area contributed by atoms with Gasteiger partial charge >= 0.3 is 0 Å². The van der Waals surface area contributed by atoms with E-state index < -0.39 is 11.9 Å². The normalized spacial score (nSPS) is 11.8.